The average Bonchev–Trinajstić information content (AvgIpc) is 3.02. The fourth-order valence-corrected chi connectivity index (χ4v) is 4.02. The van der Waals surface area contributed by atoms with E-state index in [1.165, 1.54) is 31.4 Å². The Morgan fingerprint density at radius 1 is 1.36 bits per heavy atom. The number of alkyl halides is 2. The molecule has 0 aliphatic carbocycles. The van der Waals surface area contributed by atoms with Gasteiger partial charge in [0.1, 0.15) is 0 Å². The first-order valence-corrected chi connectivity index (χ1v) is 9.44. The number of benzene rings is 1. The lowest BCUT2D eigenvalue weighted by molar-refractivity contribution is 0.110. The summed E-state index contributed by atoms with van der Waals surface area (Å²) in [4.78, 5) is 9.33. The Kier molecular flexibility index (Phi) is 5.42. The number of hydrogen-bond donors (Lipinski definition) is 1. The Balaban J connectivity index is 1.77. The summed E-state index contributed by atoms with van der Waals surface area (Å²) in [5.74, 6) is 0.286. The standard InChI is InChI=1S/C20H29F2N3/c1-4-5-6-10-25-11-9-20(3,14(2)13-25)15-7-8-16-17(12-15)24-19(23-16)18(21)22/h7-8,12,14,18H,4-6,9-11,13H2,1-3H3,(H,23,24). The molecule has 2 heterocycles. The summed E-state index contributed by atoms with van der Waals surface area (Å²) in [6.45, 7) is 10.3. The van der Waals surface area contributed by atoms with Crippen LogP contribution >= 0.6 is 0 Å². The molecule has 1 aliphatic rings. The molecule has 3 rings (SSSR count). The molecular weight excluding hydrogens is 320 g/mol. The number of aromatic amines is 1. The van der Waals surface area contributed by atoms with E-state index < -0.39 is 6.43 Å². The van der Waals surface area contributed by atoms with Crippen LogP contribution in [0, 0.1) is 5.92 Å². The van der Waals surface area contributed by atoms with Crippen LogP contribution in [0.5, 0.6) is 0 Å². The number of rotatable bonds is 6. The summed E-state index contributed by atoms with van der Waals surface area (Å²) in [6.07, 6.45) is 2.37. The Hall–Kier alpha value is -1.49. The van der Waals surface area contributed by atoms with Crippen LogP contribution < -0.4 is 0 Å². The molecule has 25 heavy (non-hydrogen) atoms. The van der Waals surface area contributed by atoms with Crippen LogP contribution in [-0.2, 0) is 5.41 Å². The van der Waals surface area contributed by atoms with Crippen molar-refractivity contribution >= 4 is 11.0 Å². The van der Waals surface area contributed by atoms with E-state index in [9.17, 15) is 8.78 Å². The minimum Gasteiger partial charge on any atom is -0.337 e. The number of unbranched alkanes of at least 4 members (excludes halogenated alkanes) is 2. The van der Waals surface area contributed by atoms with Crippen LogP contribution in [-0.4, -0.2) is 34.5 Å². The summed E-state index contributed by atoms with van der Waals surface area (Å²) in [7, 11) is 0. The van der Waals surface area contributed by atoms with Crippen molar-refractivity contribution in [2.75, 3.05) is 19.6 Å². The van der Waals surface area contributed by atoms with Gasteiger partial charge in [-0.1, -0.05) is 39.7 Å². The molecule has 138 valence electrons. The number of hydrogen-bond acceptors (Lipinski definition) is 2. The van der Waals surface area contributed by atoms with Crippen molar-refractivity contribution in [1.82, 2.24) is 14.9 Å². The first-order chi connectivity index (χ1) is 11.9. The lowest BCUT2D eigenvalue weighted by Crippen LogP contribution is -2.47. The quantitative estimate of drug-likeness (QED) is 0.719. The zero-order chi connectivity index (χ0) is 18.0. The lowest BCUT2D eigenvalue weighted by atomic mass is 9.68. The van der Waals surface area contributed by atoms with Crippen molar-refractivity contribution in [1.29, 1.82) is 0 Å². The smallest absolute Gasteiger partial charge is 0.295 e. The van der Waals surface area contributed by atoms with Crippen LogP contribution in [0.4, 0.5) is 8.78 Å². The number of halogens is 2. The van der Waals surface area contributed by atoms with E-state index in [1.54, 1.807) is 0 Å². The van der Waals surface area contributed by atoms with E-state index in [2.05, 4.69) is 41.7 Å². The molecule has 1 aliphatic heterocycles. The monoisotopic (exact) mass is 349 g/mol. The van der Waals surface area contributed by atoms with Crippen LogP contribution in [0.25, 0.3) is 11.0 Å². The first-order valence-electron chi connectivity index (χ1n) is 9.44. The highest BCUT2D eigenvalue weighted by molar-refractivity contribution is 5.76. The van der Waals surface area contributed by atoms with Gasteiger partial charge in [-0.25, -0.2) is 13.8 Å². The first kappa shape index (κ1) is 18.3. The normalized spacial score (nSPS) is 25.1. The summed E-state index contributed by atoms with van der Waals surface area (Å²) >= 11 is 0. The molecule has 1 N–H and O–H groups in total. The van der Waals surface area contributed by atoms with Gasteiger partial charge in [0.25, 0.3) is 6.43 Å². The number of nitrogens with one attached hydrogen (secondary N) is 1. The van der Waals surface area contributed by atoms with Gasteiger partial charge in [0.05, 0.1) is 11.0 Å². The molecule has 3 nitrogen and oxygen atoms in total. The second-order valence-corrected chi connectivity index (χ2v) is 7.73. The van der Waals surface area contributed by atoms with Gasteiger partial charge in [0.2, 0.25) is 0 Å². The highest BCUT2D eigenvalue weighted by Gasteiger charge is 2.38. The lowest BCUT2D eigenvalue weighted by Gasteiger charge is -2.45. The van der Waals surface area contributed by atoms with Gasteiger partial charge in [-0.2, -0.15) is 0 Å². The Labute approximate surface area is 148 Å². The van der Waals surface area contributed by atoms with E-state index in [0.29, 0.717) is 17.0 Å². The van der Waals surface area contributed by atoms with E-state index in [1.807, 2.05) is 12.1 Å². The molecule has 1 aromatic carbocycles. The second-order valence-electron chi connectivity index (χ2n) is 7.73. The molecule has 1 fully saturated rings. The van der Waals surface area contributed by atoms with Crippen molar-refractivity contribution < 1.29 is 8.78 Å². The van der Waals surface area contributed by atoms with E-state index in [4.69, 9.17) is 0 Å². The SMILES string of the molecule is CCCCCN1CCC(C)(c2ccc3nc(C(F)F)[nH]c3c2)C(C)C1. The van der Waals surface area contributed by atoms with Crippen LogP contribution in [0.15, 0.2) is 18.2 Å². The largest absolute Gasteiger partial charge is 0.337 e. The zero-order valence-corrected chi connectivity index (χ0v) is 15.5. The number of imidazole rings is 1. The number of nitrogens with zero attached hydrogens (tertiary/aromatic N) is 2. The third-order valence-corrected chi connectivity index (χ3v) is 6.01. The highest BCUT2D eigenvalue weighted by Crippen LogP contribution is 2.40. The molecule has 2 aromatic rings. The van der Waals surface area contributed by atoms with Gasteiger partial charge < -0.3 is 9.88 Å². The maximum Gasteiger partial charge on any atom is 0.295 e. The molecule has 0 amide bonds. The van der Waals surface area contributed by atoms with Gasteiger partial charge in [0, 0.05) is 6.54 Å². The minimum atomic E-state index is -2.56. The summed E-state index contributed by atoms with van der Waals surface area (Å²) in [5.41, 5.74) is 2.63. The third kappa shape index (κ3) is 3.71. The van der Waals surface area contributed by atoms with Gasteiger partial charge in [-0.15, -0.1) is 0 Å². The van der Waals surface area contributed by atoms with Crippen molar-refractivity contribution in [2.24, 2.45) is 5.92 Å². The molecule has 1 aromatic heterocycles. The van der Waals surface area contributed by atoms with Gasteiger partial charge in [0.15, 0.2) is 5.82 Å². The van der Waals surface area contributed by atoms with Crippen LogP contribution in [0.2, 0.25) is 0 Å². The fourth-order valence-electron chi connectivity index (χ4n) is 4.02. The van der Waals surface area contributed by atoms with E-state index in [0.717, 1.165) is 19.5 Å². The van der Waals surface area contributed by atoms with Crippen molar-refractivity contribution in [2.45, 2.75) is 58.3 Å². The minimum absolute atomic E-state index is 0.0750. The molecule has 0 bridgehead atoms. The predicted octanol–water partition coefficient (Wildman–Crippen LogP) is 5.29. The maximum atomic E-state index is 12.9. The summed E-state index contributed by atoms with van der Waals surface area (Å²) < 4.78 is 25.7. The average molecular weight is 349 g/mol. The second kappa shape index (κ2) is 7.40. The van der Waals surface area contributed by atoms with Gasteiger partial charge in [-0.3, -0.25) is 0 Å². The summed E-state index contributed by atoms with van der Waals surface area (Å²) in [6, 6.07) is 5.97. The molecule has 0 radical (unpaired) electrons. The molecule has 0 spiro atoms. The number of piperidine rings is 1. The van der Waals surface area contributed by atoms with E-state index in [-0.39, 0.29) is 11.2 Å². The summed E-state index contributed by atoms with van der Waals surface area (Å²) in [5, 5.41) is 0. The fraction of sp³-hybridized carbons (Fsp3) is 0.650. The molecular formula is C20H29F2N3. The predicted molar refractivity (Wildman–Crippen MR) is 98.1 cm³/mol. The third-order valence-electron chi connectivity index (χ3n) is 6.01. The van der Waals surface area contributed by atoms with Crippen molar-refractivity contribution in [3.8, 4) is 0 Å². The zero-order valence-electron chi connectivity index (χ0n) is 15.5. The number of aromatic nitrogens is 2. The molecule has 5 heteroatoms. The molecule has 2 unspecified atom stereocenters. The van der Waals surface area contributed by atoms with E-state index >= 15 is 0 Å². The molecule has 1 saturated heterocycles. The van der Waals surface area contributed by atoms with Gasteiger partial charge in [-0.05, 0) is 55.0 Å². The highest BCUT2D eigenvalue weighted by atomic mass is 19.3. The number of fused-ring (bicyclic) bond motifs is 1. The Morgan fingerprint density at radius 2 is 2.16 bits per heavy atom. The molecule has 2 atom stereocenters. The van der Waals surface area contributed by atoms with Crippen LogP contribution in [0.3, 0.4) is 0 Å². The number of H-pyrrole nitrogens is 1. The maximum absolute atomic E-state index is 12.9. The van der Waals surface area contributed by atoms with Crippen LogP contribution in [0.1, 0.15) is 64.3 Å². The van der Waals surface area contributed by atoms with Gasteiger partial charge >= 0.3 is 0 Å². The Morgan fingerprint density at radius 3 is 2.84 bits per heavy atom. The molecule has 0 saturated carbocycles. The number of likely N-dealkylation sites (tertiary alicyclic amines) is 1. The van der Waals surface area contributed by atoms with Crippen molar-refractivity contribution in [3.63, 3.8) is 0 Å². The Bertz CT molecular complexity index is 712. The topological polar surface area (TPSA) is 31.9 Å². The van der Waals surface area contributed by atoms with Crippen molar-refractivity contribution in [3.05, 3.63) is 29.6 Å².